The number of epoxide rings is 1. The standard InChI is InChI=1S/C10H12O2/c1-7-3-4-8(10-6-12-10)9(5-7)11-2/h3-5,10H,6H2,1-2H3/t10-/m1/s1. The van der Waals surface area contributed by atoms with Gasteiger partial charge in [0.1, 0.15) is 11.9 Å². The zero-order valence-corrected chi connectivity index (χ0v) is 7.33. The van der Waals surface area contributed by atoms with Crippen LogP contribution in [0, 0.1) is 6.92 Å². The van der Waals surface area contributed by atoms with Crippen molar-refractivity contribution in [3.05, 3.63) is 29.3 Å². The molecule has 1 atom stereocenters. The maximum absolute atomic E-state index is 5.25. The second-order valence-electron chi connectivity index (χ2n) is 3.07. The topological polar surface area (TPSA) is 21.8 Å². The van der Waals surface area contributed by atoms with E-state index in [0.29, 0.717) is 0 Å². The van der Waals surface area contributed by atoms with Gasteiger partial charge in [0, 0.05) is 5.56 Å². The van der Waals surface area contributed by atoms with Crippen molar-refractivity contribution in [3.63, 3.8) is 0 Å². The highest BCUT2D eigenvalue weighted by atomic mass is 16.6. The highest BCUT2D eigenvalue weighted by Gasteiger charge is 2.27. The molecule has 64 valence electrons. The van der Waals surface area contributed by atoms with Crippen LogP contribution in [-0.4, -0.2) is 13.7 Å². The molecule has 2 nitrogen and oxygen atoms in total. The van der Waals surface area contributed by atoms with E-state index in [1.807, 2.05) is 6.07 Å². The molecule has 0 saturated carbocycles. The second kappa shape index (κ2) is 2.79. The maximum Gasteiger partial charge on any atom is 0.125 e. The van der Waals surface area contributed by atoms with Crippen LogP contribution in [0.2, 0.25) is 0 Å². The lowest BCUT2D eigenvalue weighted by Crippen LogP contribution is -1.90. The van der Waals surface area contributed by atoms with E-state index in [1.54, 1.807) is 7.11 Å². The van der Waals surface area contributed by atoms with Crippen molar-refractivity contribution in [1.29, 1.82) is 0 Å². The summed E-state index contributed by atoms with van der Waals surface area (Å²) in [6.07, 6.45) is 0.278. The van der Waals surface area contributed by atoms with Crippen molar-refractivity contribution in [2.45, 2.75) is 13.0 Å². The number of aryl methyl sites for hydroxylation is 1. The van der Waals surface area contributed by atoms with E-state index in [2.05, 4.69) is 19.1 Å². The van der Waals surface area contributed by atoms with Crippen molar-refractivity contribution in [1.82, 2.24) is 0 Å². The third kappa shape index (κ3) is 1.30. The van der Waals surface area contributed by atoms with E-state index in [1.165, 1.54) is 11.1 Å². The highest BCUT2D eigenvalue weighted by molar-refractivity contribution is 5.39. The molecule has 1 fully saturated rings. The van der Waals surface area contributed by atoms with Gasteiger partial charge in [-0.2, -0.15) is 0 Å². The molecule has 1 aliphatic heterocycles. The predicted octanol–water partition coefficient (Wildman–Crippen LogP) is 2.07. The molecule has 12 heavy (non-hydrogen) atoms. The first kappa shape index (κ1) is 7.62. The largest absolute Gasteiger partial charge is 0.496 e. The van der Waals surface area contributed by atoms with E-state index >= 15 is 0 Å². The maximum atomic E-state index is 5.25. The van der Waals surface area contributed by atoms with E-state index in [4.69, 9.17) is 9.47 Å². The van der Waals surface area contributed by atoms with Gasteiger partial charge in [0.15, 0.2) is 0 Å². The SMILES string of the molecule is COc1cc(C)ccc1[C@H]1CO1. The van der Waals surface area contributed by atoms with Crippen molar-refractivity contribution >= 4 is 0 Å². The van der Waals surface area contributed by atoms with Gasteiger partial charge in [-0.3, -0.25) is 0 Å². The Hall–Kier alpha value is -1.02. The van der Waals surface area contributed by atoms with Crippen molar-refractivity contribution < 1.29 is 9.47 Å². The molecule has 0 unspecified atom stereocenters. The quantitative estimate of drug-likeness (QED) is 0.624. The smallest absolute Gasteiger partial charge is 0.125 e. The van der Waals surface area contributed by atoms with Gasteiger partial charge >= 0.3 is 0 Å². The zero-order chi connectivity index (χ0) is 8.55. The summed E-state index contributed by atoms with van der Waals surface area (Å²) in [5.41, 5.74) is 2.39. The molecule has 1 saturated heterocycles. The summed E-state index contributed by atoms with van der Waals surface area (Å²) in [6, 6.07) is 6.20. The summed E-state index contributed by atoms with van der Waals surface area (Å²) in [7, 11) is 1.70. The first-order valence-electron chi connectivity index (χ1n) is 4.07. The van der Waals surface area contributed by atoms with Crippen molar-refractivity contribution in [2.75, 3.05) is 13.7 Å². The number of hydrogen-bond donors (Lipinski definition) is 0. The molecule has 0 aromatic heterocycles. The van der Waals surface area contributed by atoms with Crippen molar-refractivity contribution in [2.24, 2.45) is 0 Å². The minimum Gasteiger partial charge on any atom is -0.496 e. The summed E-state index contributed by atoms with van der Waals surface area (Å²) in [5.74, 6) is 0.942. The lowest BCUT2D eigenvalue weighted by atomic mass is 10.1. The highest BCUT2D eigenvalue weighted by Crippen LogP contribution is 2.36. The minimum atomic E-state index is 0.278. The molecular weight excluding hydrogens is 152 g/mol. The lowest BCUT2D eigenvalue weighted by Gasteiger charge is -2.06. The van der Waals surface area contributed by atoms with Crippen LogP contribution in [0.3, 0.4) is 0 Å². The summed E-state index contributed by atoms with van der Waals surface area (Å²) in [6.45, 7) is 2.89. The summed E-state index contributed by atoms with van der Waals surface area (Å²) < 4.78 is 10.4. The van der Waals surface area contributed by atoms with Gasteiger partial charge in [-0.15, -0.1) is 0 Å². The molecule has 0 spiro atoms. The van der Waals surface area contributed by atoms with Crippen LogP contribution in [0.1, 0.15) is 17.2 Å². The monoisotopic (exact) mass is 164 g/mol. The van der Waals surface area contributed by atoms with Crippen LogP contribution >= 0.6 is 0 Å². The third-order valence-corrected chi connectivity index (χ3v) is 2.07. The number of hydrogen-bond acceptors (Lipinski definition) is 2. The average molecular weight is 164 g/mol. The summed E-state index contributed by atoms with van der Waals surface area (Å²) in [4.78, 5) is 0. The summed E-state index contributed by atoms with van der Waals surface area (Å²) >= 11 is 0. The van der Waals surface area contributed by atoms with Crippen LogP contribution < -0.4 is 4.74 Å². The Morgan fingerprint density at radius 2 is 2.25 bits per heavy atom. The molecule has 1 heterocycles. The fourth-order valence-electron chi connectivity index (χ4n) is 1.31. The first-order valence-corrected chi connectivity index (χ1v) is 4.07. The number of methoxy groups -OCH3 is 1. The predicted molar refractivity (Wildman–Crippen MR) is 46.4 cm³/mol. The Morgan fingerprint density at radius 3 is 2.83 bits per heavy atom. The Kier molecular flexibility index (Phi) is 1.77. The van der Waals surface area contributed by atoms with E-state index in [0.717, 1.165) is 12.4 Å². The third-order valence-electron chi connectivity index (χ3n) is 2.07. The molecule has 1 aromatic carbocycles. The Balaban J connectivity index is 2.38. The fraction of sp³-hybridized carbons (Fsp3) is 0.400. The zero-order valence-electron chi connectivity index (χ0n) is 7.33. The summed E-state index contributed by atoms with van der Waals surface area (Å²) in [5, 5.41) is 0. The first-order chi connectivity index (χ1) is 5.81. The molecule has 0 radical (unpaired) electrons. The van der Waals surface area contributed by atoms with Crippen LogP contribution in [0.5, 0.6) is 5.75 Å². The van der Waals surface area contributed by atoms with Crippen LogP contribution in [0.4, 0.5) is 0 Å². The fourth-order valence-corrected chi connectivity index (χ4v) is 1.31. The molecule has 2 rings (SSSR count). The van der Waals surface area contributed by atoms with Gasteiger partial charge in [-0.1, -0.05) is 12.1 Å². The Labute approximate surface area is 72.1 Å². The van der Waals surface area contributed by atoms with Gasteiger partial charge in [0.2, 0.25) is 0 Å². The van der Waals surface area contributed by atoms with E-state index in [9.17, 15) is 0 Å². The van der Waals surface area contributed by atoms with Crippen LogP contribution in [0.25, 0.3) is 0 Å². The molecular formula is C10H12O2. The number of ether oxygens (including phenoxy) is 2. The molecule has 1 aromatic rings. The lowest BCUT2D eigenvalue weighted by molar-refractivity contribution is 0.383. The number of benzene rings is 1. The molecule has 0 N–H and O–H groups in total. The molecule has 1 aliphatic rings. The molecule has 0 aliphatic carbocycles. The van der Waals surface area contributed by atoms with E-state index < -0.39 is 0 Å². The molecule has 0 amide bonds. The van der Waals surface area contributed by atoms with E-state index in [-0.39, 0.29) is 6.10 Å². The molecule has 2 heteroatoms. The van der Waals surface area contributed by atoms with Gasteiger partial charge in [-0.25, -0.2) is 0 Å². The van der Waals surface area contributed by atoms with Gasteiger partial charge in [0.25, 0.3) is 0 Å². The second-order valence-corrected chi connectivity index (χ2v) is 3.07. The normalized spacial score (nSPS) is 20.7. The Morgan fingerprint density at radius 1 is 1.50 bits per heavy atom. The van der Waals surface area contributed by atoms with Crippen LogP contribution in [0.15, 0.2) is 18.2 Å². The Bertz CT molecular complexity index is 290. The molecule has 0 bridgehead atoms. The van der Waals surface area contributed by atoms with Gasteiger partial charge in [0.05, 0.1) is 13.7 Å². The average Bonchev–Trinajstić information content (AvgIpc) is 2.87. The van der Waals surface area contributed by atoms with Crippen molar-refractivity contribution in [3.8, 4) is 5.75 Å². The minimum absolute atomic E-state index is 0.278. The number of rotatable bonds is 2. The van der Waals surface area contributed by atoms with Gasteiger partial charge < -0.3 is 9.47 Å². The van der Waals surface area contributed by atoms with Crippen LogP contribution in [-0.2, 0) is 4.74 Å². The van der Waals surface area contributed by atoms with Gasteiger partial charge in [-0.05, 0) is 18.6 Å².